The monoisotopic (exact) mass is 427 g/mol. The summed E-state index contributed by atoms with van der Waals surface area (Å²) in [6.07, 6.45) is 2.77. The molecule has 1 aliphatic rings. The first-order valence-electron chi connectivity index (χ1n) is 10.3. The molecule has 7 heteroatoms. The van der Waals surface area contributed by atoms with Crippen molar-refractivity contribution in [1.29, 1.82) is 0 Å². The van der Waals surface area contributed by atoms with Crippen LogP contribution in [-0.4, -0.2) is 30.8 Å². The Morgan fingerprint density at radius 1 is 1.16 bits per heavy atom. The number of hydrogen-bond acceptors (Lipinski definition) is 6. The van der Waals surface area contributed by atoms with Crippen LogP contribution in [0, 0.1) is 6.92 Å². The van der Waals surface area contributed by atoms with Crippen LogP contribution in [0.2, 0.25) is 0 Å². The van der Waals surface area contributed by atoms with Crippen LogP contribution in [0.4, 0.5) is 0 Å². The first-order chi connectivity index (χ1) is 15.0. The van der Waals surface area contributed by atoms with Crippen molar-refractivity contribution in [2.24, 2.45) is 5.73 Å². The molecular weight excluding hydrogens is 406 g/mol. The summed E-state index contributed by atoms with van der Waals surface area (Å²) in [5, 5.41) is 17.3. The number of aromatic nitrogens is 4. The van der Waals surface area contributed by atoms with E-state index in [4.69, 9.17) is 10.7 Å². The van der Waals surface area contributed by atoms with Gasteiger partial charge in [-0.25, -0.2) is 9.97 Å². The maximum Gasteiger partial charge on any atom is 0.165 e. The highest BCUT2D eigenvalue weighted by Gasteiger charge is 2.41. The molecule has 4 heterocycles. The third-order valence-electron chi connectivity index (χ3n) is 6.10. The normalized spacial score (nSPS) is 20.9. The summed E-state index contributed by atoms with van der Waals surface area (Å²) in [5.41, 5.74) is 12.6. The zero-order valence-electron chi connectivity index (χ0n) is 17.0. The van der Waals surface area contributed by atoms with Crippen molar-refractivity contribution in [1.82, 2.24) is 19.6 Å². The van der Waals surface area contributed by atoms with Crippen molar-refractivity contribution in [3.63, 3.8) is 0 Å². The summed E-state index contributed by atoms with van der Waals surface area (Å²) in [5.74, 6) is 0. The molecule has 6 nitrogen and oxygen atoms in total. The molecule has 6 rings (SSSR count). The molecule has 31 heavy (non-hydrogen) atoms. The molecule has 0 atom stereocenters. The van der Waals surface area contributed by atoms with Gasteiger partial charge in [-0.05, 0) is 42.8 Å². The summed E-state index contributed by atoms with van der Waals surface area (Å²) in [6, 6.07) is 16.5. The van der Waals surface area contributed by atoms with Crippen molar-refractivity contribution in [3.05, 3.63) is 71.4 Å². The molecule has 0 saturated heterocycles. The second-order valence-corrected chi connectivity index (χ2v) is 9.33. The van der Waals surface area contributed by atoms with E-state index in [1.807, 2.05) is 23.7 Å². The van der Waals surface area contributed by atoms with Crippen molar-refractivity contribution in [2.75, 3.05) is 0 Å². The predicted octanol–water partition coefficient (Wildman–Crippen LogP) is 4.29. The van der Waals surface area contributed by atoms with Crippen LogP contribution in [0.5, 0.6) is 0 Å². The molecule has 1 saturated carbocycles. The Morgan fingerprint density at radius 3 is 2.68 bits per heavy atom. The summed E-state index contributed by atoms with van der Waals surface area (Å²) in [6.45, 7) is 1.96. The molecule has 4 aromatic heterocycles. The maximum atomic E-state index is 9.71. The average Bonchev–Trinajstić information content (AvgIpc) is 3.41. The molecule has 0 unspecified atom stereocenters. The lowest BCUT2D eigenvalue weighted by molar-refractivity contribution is 0.0209. The Bertz CT molecular complexity index is 1420. The van der Waals surface area contributed by atoms with E-state index in [0.29, 0.717) is 12.8 Å². The first kappa shape index (κ1) is 18.6. The van der Waals surface area contributed by atoms with Crippen LogP contribution < -0.4 is 5.73 Å². The summed E-state index contributed by atoms with van der Waals surface area (Å²) in [7, 11) is 0. The minimum Gasteiger partial charge on any atom is -0.393 e. The number of aliphatic hydroxyl groups excluding tert-OH is 1. The minimum absolute atomic E-state index is 0.300. The van der Waals surface area contributed by atoms with Crippen LogP contribution in [0.1, 0.15) is 24.1 Å². The van der Waals surface area contributed by atoms with Crippen LogP contribution >= 0.6 is 11.3 Å². The SMILES string of the molecule is Cc1cc2ncc3cc(-c4cccs4)c(-c4ccc(C5(N)CC(O)C5)cc4)nc3n2n1. The van der Waals surface area contributed by atoms with E-state index < -0.39 is 5.54 Å². The van der Waals surface area contributed by atoms with Gasteiger partial charge in [-0.2, -0.15) is 9.61 Å². The van der Waals surface area contributed by atoms with Gasteiger partial charge in [0.15, 0.2) is 11.3 Å². The fraction of sp³-hybridized carbons (Fsp3) is 0.208. The highest BCUT2D eigenvalue weighted by atomic mass is 32.1. The topological polar surface area (TPSA) is 89.3 Å². The Kier molecular flexibility index (Phi) is 4.02. The van der Waals surface area contributed by atoms with E-state index in [1.165, 1.54) is 0 Å². The van der Waals surface area contributed by atoms with Gasteiger partial charge in [0, 0.05) is 39.2 Å². The number of pyridine rings is 1. The van der Waals surface area contributed by atoms with Gasteiger partial charge < -0.3 is 10.8 Å². The Labute approximate surface area is 183 Å². The third-order valence-corrected chi connectivity index (χ3v) is 7.00. The highest BCUT2D eigenvalue weighted by Crippen LogP contribution is 2.41. The van der Waals surface area contributed by atoms with E-state index in [0.717, 1.165) is 49.6 Å². The van der Waals surface area contributed by atoms with Gasteiger partial charge in [-0.1, -0.05) is 30.3 Å². The number of aliphatic hydroxyl groups is 1. The number of aryl methyl sites for hydroxylation is 1. The zero-order chi connectivity index (χ0) is 21.2. The third kappa shape index (κ3) is 2.96. The van der Waals surface area contributed by atoms with Gasteiger partial charge in [-0.3, -0.25) is 0 Å². The summed E-state index contributed by atoms with van der Waals surface area (Å²) in [4.78, 5) is 10.8. The summed E-state index contributed by atoms with van der Waals surface area (Å²) >= 11 is 1.69. The number of rotatable bonds is 3. The zero-order valence-corrected chi connectivity index (χ0v) is 17.8. The van der Waals surface area contributed by atoms with Crippen molar-refractivity contribution in [2.45, 2.75) is 31.4 Å². The Balaban J connectivity index is 1.55. The molecular formula is C24H21N5OS. The Hall–Kier alpha value is -3.13. The van der Waals surface area contributed by atoms with Gasteiger partial charge in [0.25, 0.3) is 0 Å². The van der Waals surface area contributed by atoms with E-state index in [2.05, 4.69) is 57.9 Å². The molecule has 0 amide bonds. The van der Waals surface area contributed by atoms with Gasteiger partial charge in [0.05, 0.1) is 17.5 Å². The van der Waals surface area contributed by atoms with Gasteiger partial charge >= 0.3 is 0 Å². The first-order valence-corrected chi connectivity index (χ1v) is 11.2. The lowest BCUT2D eigenvalue weighted by atomic mass is 9.70. The average molecular weight is 428 g/mol. The van der Waals surface area contributed by atoms with Crippen LogP contribution in [0.3, 0.4) is 0 Å². The number of thiophene rings is 1. The largest absolute Gasteiger partial charge is 0.393 e. The minimum atomic E-state index is -0.435. The molecule has 1 aliphatic carbocycles. The number of nitrogens with two attached hydrogens (primary N) is 1. The Morgan fingerprint density at radius 2 is 1.97 bits per heavy atom. The second kappa shape index (κ2) is 6.68. The highest BCUT2D eigenvalue weighted by molar-refractivity contribution is 7.13. The second-order valence-electron chi connectivity index (χ2n) is 8.38. The molecule has 1 aromatic carbocycles. The molecule has 0 bridgehead atoms. The standard InChI is InChI=1S/C24H21N5OS/c1-14-9-21-26-13-16-10-19(20-3-2-8-31-20)22(27-23(16)29(21)28-14)15-4-6-17(7-5-15)24(25)11-18(30)12-24/h2-10,13,18,30H,11-12,25H2,1H3. The number of nitrogens with zero attached hydrogens (tertiary/aromatic N) is 4. The van der Waals surface area contributed by atoms with Crippen LogP contribution in [0.25, 0.3) is 38.4 Å². The van der Waals surface area contributed by atoms with E-state index in [-0.39, 0.29) is 6.10 Å². The fourth-order valence-corrected chi connectivity index (χ4v) is 5.21. The molecule has 0 aliphatic heterocycles. The number of fused-ring (bicyclic) bond motifs is 3. The van der Waals surface area contributed by atoms with Crippen molar-refractivity contribution in [3.8, 4) is 21.7 Å². The van der Waals surface area contributed by atoms with Gasteiger partial charge in [0.1, 0.15) is 0 Å². The molecule has 0 spiro atoms. The number of hydrogen-bond donors (Lipinski definition) is 2. The lowest BCUT2D eigenvalue weighted by Gasteiger charge is -2.42. The quantitative estimate of drug-likeness (QED) is 0.448. The van der Waals surface area contributed by atoms with E-state index >= 15 is 0 Å². The maximum absolute atomic E-state index is 9.71. The number of benzene rings is 1. The van der Waals surface area contributed by atoms with Crippen molar-refractivity contribution < 1.29 is 5.11 Å². The van der Waals surface area contributed by atoms with Crippen LogP contribution in [-0.2, 0) is 5.54 Å². The lowest BCUT2D eigenvalue weighted by Crippen LogP contribution is -2.51. The van der Waals surface area contributed by atoms with Gasteiger partial charge in [-0.15, -0.1) is 11.3 Å². The molecule has 3 N–H and O–H groups in total. The van der Waals surface area contributed by atoms with Crippen molar-refractivity contribution >= 4 is 28.0 Å². The van der Waals surface area contributed by atoms with Crippen LogP contribution in [0.15, 0.2) is 60.1 Å². The molecule has 1 fully saturated rings. The van der Waals surface area contributed by atoms with E-state index in [1.54, 1.807) is 11.3 Å². The fourth-order valence-electron chi connectivity index (χ4n) is 4.47. The molecule has 154 valence electrons. The smallest absolute Gasteiger partial charge is 0.165 e. The molecule has 0 radical (unpaired) electrons. The predicted molar refractivity (Wildman–Crippen MR) is 123 cm³/mol. The van der Waals surface area contributed by atoms with E-state index in [9.17, 15) is 5.11 Å². The molecule has 5 aromatic rings. The summed E-state index contributed by atoms with van der Waals surface area (Å²) < 4.78 is 1.81. The van der Waals surface area contributed by atoms with Gasteiger partial charge in [0.2, 0.25) is 0 Å².